The Hall–Kier alpha value is -2.57. The van der Waals surface area contributed by atoms with Crippen LogP contribution in [0.5, 0.6) is 0 Å². The summed E-state index contributed by atoms with van der Waals surface area (Å²) in [6, 6.07) is 1.83. The van der Waals surface area contributed by atoms with Crippen molar-refractivity contribution in [3.05, 3.63) is 42.7 Å². The van der Waals surface area contributed by atoms with Crippen molar-refractivity contribution in [2.45, 2.75) is 19.3 Å². The lowest BCUT2D eigenvalue weighted by atomic mass is 9.79. The van der Waals surface area contributed by atoms with Crippen LogP contribution < -0.4 is 4.90 Å². The number of nitrogens with zero attached hydrogens (tertiary/aromatic N) is 6. The molecule has 124 valence electrons. The van der Waals surface area contributed by atoms with Crippen molar-refractivity contribution >= 4 is 11.9 Å². The molecule has 7 nitrogen and oxygen atoms in total. The highest BCUT2D eigenvalue weighted by molar-refractivity contribution is 5.92. The van der Waals surface area contributed by atoms with E-state index in [-0.39, 0.29) is 11.3 Å². The molecule has 4 heterocycles. The molecule has 2 aromatic rings. The van der Waals surface area contributed by atoms with Crippen LogP contribution in [0, 0.1) is 5.41 Å². The van der Waals surface area contributed by atoms with Crippen molar-refractivity contribution < 1.29 is 4.79 Å². The lowest BCUT2D eigenvalue weighted by Crippen LogP contribution is -2.46. The predicted octanol–water partition coefficient (Wildman–Crippen LogP) is 1.40. The molecule has 0 bridgehead atoms. The van der Waals surface area contributed by atoms with Crippen molar-refractivity contribution in [2.75, 3.05) is 31.1 Å². The van der Waals surface area contributed by atoms with Gasteiger partial charge in [0.1, 0.15) is 5.69 Å². The lowest BCUT2D eigenvalue weighted by molar-refractivity contribution is 0.0761. The molecule has 1 atom stereocenters. The molecule has 0 N–H and O–H groups in total. The second-order valence-electron chi connectivity index (χ2n) is 6.64. The third-order valence-corrected chi connectivity index (χ3v) is 5.00. The van der Waals surface area contributed by atoms with E-state index in [1.54, 1.807) is 24.8 Å². The van der Waals surface area contributed by atoms with Gasteiger partial charge in [-0.05, 0) is 25.3 Å². The highest BCUT2D eigenvalue weighted by Gasteiger charge is 2.43. The number of rotatable bonds is 2. The van der Waals surface area contributed by atoms with Crippen LogP contribution in [0.4, 0.5) is 5.95 Å². The monoisotopic (exact) mass is 324 g/mol. The second kappa shape index (κ2) is 6.14. The zero-order valence-corrected chi connectivity index (χ0v) is 13.5. The maximum atomic E-state index is 12.6. The van der Waals surface area contributed by atoms with E-state index in [1.807, 2.05) is 11.0 Å². The third-order valence-electron chi connectivity index (χ3n) is 5.00. The molecule has 2 aromatic heterocycles. The van der Waals surface area contributed by atoms with Crippen molar-refractivity contribution in [1.29, 1.82) is 0 Å². The van der Waals surface area contributed by atoms with Crippen LogP contribution in [0.3, 0.4) is 0 Å². The Morgan fingerprint density at radius 2 is 1.88 bits per heavy atom. The van der Waals surface area contributed by atoms with Gasteiger partial charge in [-0.15, -0.1) is 0 Å². The van der Waals surface area contributed by atoms with Gasteiger partial charge in [-0.3, -0.25) is 9.78 Å². The Morgan fingerprint density at radius 1 is 1.00 bits per heavy atom. The van der Waals surface area contributed by atoms with E-state index in [2.05, 4.69) is 24.8 Å². The predicted molar refractivity (Wildman–Crippen MR) is 88.5 cm³/mol. The van der Waals surface area contributed by atoms with E-state index in [9.17, 15) is 4.79 Å². The largest absolute Gasteiger partial charge is 0.340 e. The van der Waals surface area contributed by atoms with Crippen LogP contribution in [0.1, 0.15) is 29.8 Å². The van der Waals surface area contributed by atoms with Gasteiger partial charge < -0.3 is 9.80 Å². The summed E-state index contributed by atoms with van der Waals surface area (Å²) in [5.41, 5.74) is 0.559. The molecule has 1 amide bonds. The molecule has 7 heteroatoms. The first-order valence-electron chi connectivity index (χ1n) is 8.33. The van der Waals surface area contributed by atoms with Gasteiger partial charge in [0.25, 0.3) is 5.91 Å². The fourth-order valence-electron chi connectivity index (χ4n) is 3.85. The summed E-state index contributed by atoms with van der Waals surface area (Å²) in [5.74, 6) is 0.767. The topological polar surface area (TPSA) is 75.1 Å². The Balaban J connectivity index is 1.48. The quantitative estimate of drug-likeness (QED) is 0.831. The highest BCUT2D eigenvalue weighted by Crippen LogP contribution is 2.40. The van der Waals surface area contributed by atoms with Gasteiger partial charge >= 0.3 is 0 Å². The molecule has 0 radical (unpaired) electrons. The molecule has 0 aliphatic carbocycles. The maximum absolute atomic E-state index is 12.6. The Morgan fingerprint density at radius 3 is 2.67 bits per heavy atom. The number of carbonyl (C=O) groups is 1. The summed E-state index contributed by atoms with van der Waals surface area (Å²) >= 11 is 0. The molecular formula is C17H20N6O. The van der Waals surface area contributed by atoms with Gasteiger partial charge in [0.2, 0.25) is 5.95 Å². The first-order chi connectivity index (χ1) is 11.8. The Kier molecular flexibility index (Phi) is 3.84. The molecule has 0 aromatic carbocycles. The highest BCUT2D eigenvalue weighted by atomic mass is 16.2. The van der Waals surface area contributed by atoms with Crippen LogP contribution in [0.2, 0.25) is 0 Å². The third kappa shape index (κ3) is 2.81. The molecule has 2 saturated heterocycles. The number of amides is 1. The minimum atomic E-state index is -0.0203. The molecule has 4 rings (SSSR count). The molecule has 0 unspecified atom stereocenters. The van der Waals surface area contributed by atoms with Gasteiger partial charge in [-0.2, -0.15) is 0 Å². The van der Waals surface area contributed by atoms with Crippen molar-refractivity contribution in [1.82, 2.24) is 24.8 Å². The van der Waals surface area contributed by atoms with Gasteiger partial charge in [0, 0.05) is 56.4 Å². The minimum Gasteiger partial charge on any atom is -0.340 e. The van der Waals surface area contributed by atoms with Gasteiger partial charge in [0.05, 0.1) is 6.20 Å². The number of likely N-dealkylation sites (tertiary alicyclic amines) is 1. The Labute approximate surface area is 140 Å². The summed E-state index contributed by atoms with van der Waals surface area (Å²) in [6.45, 7) is 3.43. The van der Waals surface area contributed by atoms with Crippen LogP contribution in [0.15, 0.2) is 37.1 Å². The molecule has 0 saturated carbocycles. The van der Waals surface area contributed by atoms with Gasteiger partial charge in [0.15, 0.2) is 0 Å². The van der Waals surface area contributed by atoms with Gasteiger partial charge in [-0.25, -0.2) is 15.0 Å². The zero-order chi connectivity index (χ0) is 16.4. The van der Waals surface area contributed by atoms with Crippen LogP contribution >= 0.6 is 0 Å². The Bertz CT molecular complexity index is 710. The van der Waals surface area contributed by atoms with E-state index in [0.717, 1.165) is 51.4 Å². The smallest absolute Gasteiger partial charge is 0.274 e. The summed E-state index contributed by atoms with van der Waals surface area (Å²) in [5, 5.41) is 0. The second-order valence-corrected chi connectivity index (χ2v) is 6.64. The number of anilines is 1. The maximum Gasteiger partial charge on any atom is 0.274 e. The first kappa shape index (κ1) is 15.0. The molecule has 1 spiro atoms. The van der Waals surface area contributed by atoms with E-state index in [1.165, 1.54) is 6.20 Å². The molecule has 2 aliphatic heterocycles. The number of hydrogen-bond donors (Lipinski definition) is 0. The fourth-order valence-corrected chi connectivity index (χ4v) is 3.85. The van der Waals surface area contributed by atoms with Crippen molar-refractivity contribution in [2.24, 2.45) is 5.41 Å². The molecular weight excluding hydrogens is 304 g/mol. The normalized spacial score (nSPS) is 23.7. The summed E-state index contributed by atoms with van der Waals surface area (Å²) in [4.78, 5) is 33.7. The molecule has 2 fully saturated rings. The van der Waals surface area contributed by atoms with E-state index >= 15 is 0 Å². The van der Waals surface area contributed by atoms with Crippen molar-refractivity contribution in [3.63, 3.8) is 0 Å². The van der Waals surface area contributed by atoms with E-state index in [0.29, 0.717) is 5.69 Å². The average Bonchev–Trinajstić information content (AvgIpc) is 3.06. The number of piperidine rings is 1. The van der Waals surface area contributed by atoms with Crippen LogP contribution in [-0.2, 0) is 0 Å². The number of hydrogen-bond acceptors (Lipinski definition) is 6. The van der Waals surface area contributed by atoms with Crippen LogP contribution in [-0.4, -0.2) is 56.9 Å². The standard InChI is InChI=1S/C17H20N6O/c24-15(14-11-18-7-8-19-14)22-10-4-17(12-22)3-1-9-23(13-17)16-20-5-2-6-21-16/h2,5-8,11H,1,3-4,9-10,12-13H2/t17-/m0/s1. The molecule has 2 aliphatic rings. The van der Waals surface area contributed by atoms with Crippen molar-refractivity contribution in [3.8, 4) is 0 Å². The summed E-state index contributed by atoms with van der Waals surface area (Å²) < 4.78 is 0. The first-order valence-corrected chi connectivity index (χ1v) is 8.33. The number of aromatic nitrogens is 4. The van der Waals surface area contributed by atoms with E-state index in [4.69, 9.17) is 0 Å². The summed E-state index contributed by atoms with van der Waals surface area (Å²) in [7, 11) is 0. The fraction of sp³-hybridized carbons (Fsp3) is 0.471. The number of carbonyl (C=O) groups excluding carboxylic acids is 1. The van der Waals surface area contributed by atoms with Crippen LogP contribution in [0.25, 0.3) is 0 Å². The minimum absolute atomic E-state index is 0.0203. The van der Waals surface area contributed by atoms with Gasteiger partial charge in [-0.1, -0.05) is 0 Å². The zero-order valence-electron chi connectivity index (χ0n) is 13.5. The summed E-state index contributed by atoms with van der Waals surface area (Å²) in [6.07, 6.45) is 11.5. The van der Waals surface area contributed by atoms with E-state index < -0.39 is 0 Å². The lowest BCUT2D eigenvalue weighted by Gasteiger charge is -2.40. The molecule has 24 heavy (non-hydrogen) atoms. The SMILES string of the molecule is O=C(c1cnccn1)N1CC[C@@]2(CCCN(c3ncccn3)C2)C1. The average molecular weight is 324 g/mol.